The highest BCUT2D eigenvalue weighted by Crippen LogP contribution is 2.15. The number of ketones is 1. The topological polar surface area (TPSA) is 89.9 Å². The molecule has 0 fully saturated rings. The van der Waals surface area contributed by atoms with Gasteiger partial charge in [-0.3, -0.25) is 14.4 Å². The molecule has 0 saturated carbocycles. The van der Waals surface area contributed by atoms with Crippen LogP contribution >= 0.6 is 0 Å². The summed E-state index contributed by atoms with van der Waals surface area (Å²) in [5, 5.41) is 9.56. The Balaban J connectivity index is 3.58. The number of aliphatic hydroxyl groups is 1. The van der Waals surface area contributed by atoms with E-state index in [0.717, 1.165) is 57.8 Å². The van der Waals surface area contributed by atoms with Crippen molar-refractivity contribution in [3.8, 4) is 0 Å². The Morgan fingerprint density at radius 1 is 0.510 bits per heavy atom. The van der Waals surface area contributed by atoms with E-state index in [9.17, 15) is 19.5 Å². The summed E-state index contributed by atoms with van der Waals surface area (Å²) in [6.45, 7) is 4.00. The van der Waals surface area contributed by atoms with E-state index in [4.69, 9.17) is 9.47 Å². The van der Waals surface area contributed by atoms with Crippen LogP contribution in [0, 0.1) is 0 Å². The van der Waals surface area contributed by atoms with Crippen molar-refractivity contribution >= 4 is 17.7 Å². The third kappa shape index (κ3) is 37.1. The second-order valence-electron chi connectivity index (χ2n) is 14.1. The Labute approximate surface area is 302 Å². The van der Waals surface area contributed by atoms with Gasteiger partial charge in [0.25, 0.3) is 0 Å². The molecule has 0 aromatic heterocycles. The van der Waals surface area contributed by atoms with E-state index in [1.54, 1.807) is 6.08 Å². The quantitative estimate of drug-likeness (QED) is 0.0300. The van der Waals surface area contributed by atoms with E-state index in [1.165, 1.54) is 122 Å². The predicted molar refractivity (Wildman–Crippen MR) is 206 cm³/mol. The zero-order chi connectivity index (χ0) is 35.9. The first-order valence-corrected chi connectivity index (χ1v) is 20.8. The number of hydrogen-bond donors (Lipinski definition) is 1. The fourth-order valence-electron chi connectivity index (χ4n) is 6.01. The van der Waals surface area contributed by atoms with Gasteiger partial charge in [-0.25, -0.2) is 0 Å². The van der Waals surface area contributed by atoms with Crippen LogP contribution in [-0.4, -0.2) is 42.1 Å². The van der Waals surface area contributed by atoms with Crippen molar-refractivity contribution in [2.24, 2.45) is 0 Å². The first kappa shape index (κ1) is 47.0. The van der Waals surface area contributed by atoms with Crippen LogP contribution in [0.2, 0.25) is 0 Å². The minimum absolute atomic E-state index is 0.107. The Kier molecular flexibility index (Phi) is 37.3. The molecule has 0 aliphatic carbocycles. The van der Waals surface area contributed by atoms with Gasteiger partial charge in [0.15, 0.2) is 11.9 Å². The van der Waals surface area contributed by atoms with Gasteiger partial charge in [0.1, 0.15) is 6.61 Å². The molecule has 0 amide bonds. The molecule has 6 heteroatoms. The van der Waals surface area contributed by atoms with Gasteiger partial charge in [-0.05, 0) is 38.2 Å². The van der Waals surface area contributed by atoms with Gasteiger partial charge in [-0.2, -0.15) is 0 Å². The largest absolute Gasteiger partial charge is 0.462 e. The maximum absolute atomic E-state index is 12.2. The molecule has 0 bridgehead atoms. The second-order valence-corrected chi connectivity index (χ2v) is 14.1. The van der Waals surface area contributed by atoms with Crippen LogP contribution in [0.3, 0.4) is 0 Å². The average molecular weight is 691 g/mol. The number of carbonyl (C=O) groups is 3. The molecule has 0 aliphatic rings. The van der Waals surface area contributed by atoms with Crippen molar-refractivity contribution in [2.45, 2.75) is 219 Å². The fraction of sp³-hybridized carbons (Fsp3) is 0.837. The van der Waals surface area contributed by atoms with Gasteiger partial charge < -0.3 is 14.6 Å². The standard InChI is InChI=1S/C43H78O6/c1-3-5-7-9-11-12-13-14-15-16-17-18-19-20-21-22-24-28-33-37-43(47)49-41(38-44)39-48-42(46)36-32-29-25-27-31-35-40(45)34-30-26-23-10-8-6-4-2/h23,26,30,34,41,44H,3-22,24-25,27-29,31-33,35-39H2,1-2H3/b26-23-,34-30+/t41-/m0/s1. The smallest absolute Gasteiger partial charge is 0.306 e. The summed E-state index contributed by atoms with van der Waals surface area (Å²) in [4.78, 5) is 36.2. The van der Waals surface area contributed by atoms with Crippen LogP contribution in [0.5, 0.6) is 0 Å². The van der Waals surface area contributed by atoms with Crippen molar-refractivity contribution in [3.05, 3.63) is 24.3 Å². The summed E-state index contributed by atoms with van der Waals surface area (Å²) in [6, 6.07) is 0. The van der Waals surface area contributed by atoms with Gasteiger partial charge in [-0.15, -0.1) is 0 Å². The van der Waals surface area contributed by atoms with Crippen molar-refractivity contribution < 1.29 is 29.0 Å². The Morgan fingerprint density at radius 3 is 1.39 bits per heavy atom. The summed E-state index contributed by atoms with van der Waals surface area (Å²) in [6.07, 6.45) is 42.0. The van der Waals surface area contributed by atoms with E-state index in [-0.39, 0.29) is 30.9 Å². The highest BCUT2D eigenvalue weighted by Gasteiger charge is 2.16. The zero-order valence-corrected chi connectivity index (χ0v) is 32.2. The molecule has 6 nitrogen and oxygen atoms in total. The molecule has 286 valence electrons. The number of ether oxygens (including phenoxy) is 2. The molecule has 0 unspecified atom stereocenters. The van der Waals surface area contributed by atoms with Crippen LogP contribution in [-0.2, 0) is 23.9 Å². The summed E-state index contributed by atoms with van der Waals surface area (Å²) >= 11 is 0. The van der Waals surface area contributed by atoms with Gasteiger partial charge in [-0.1, -0.05) is 180 Å². The summed E-state index contributed by atoms with van der Waals surface area (Å²) in [5.41, 5.74) is 0. The first-order chi connectivity index (χ1) is 24.0. The highest BCUT2D eigenvalue weighted by atomic mass is 16.6. The van der Waals surface area contributed by atoms with Crippen molar-refractivity contribution in [1.29, 1.82) is 0 Å². The first-order valence-electron chi connectivity index (χ1n) is 20.8. The number of hydrogen-bond acceptors (Lipinski definition) is 6. The lowest BCUT2D eigenvalue weighted by Gasteiger charge is -2.15. The SMILES string of the molecule is CCCCC/C=C\C=C\C(=O)CCCCCCCC(=O)OC[C@H](CO)OC(=O)CCCCCCCCCCCCCCCCCCCCC. The minimum atomic E-state index is -0.806. The Hall–Kier alpha value is -1.95. The van der Waals surface area contributed by atoms with Crippen molar-refractivity contribution in [2.75, 3.05) is 13.2 Å². The zero-order valence-electron chi connectivity index (χ0n) is 32.2. The average Bonchev–Trinajstić information content (AvgIpc) is 3.10. The van der Waals surface area contributed by atoms with Crippen molar-refractivity contribution in [1.82, 2.24) is 0 Å². The molecule has 0 spiro atoms. The molecule has 0 aliphatic heterocycles. The summed E-state index contributed by atoms with van der Waals surface area (Å²) in [5.74, 6) is -0.516. The predicted octanol–water partition coefficient (Wildman–Crippen LogP) is 12.2. The molecule has 1 N–H and O–H groups in total. The molecule has 49 heavy (non-hydrogen) atoms. The monoisotopic (exact) mass is 691 g/mol. The number of allylic oxidation sites excluding steroid dienone is 4. The van der Waals surface area contributed by atoms with Crippen LogP contribution in [0.25, 0.3) is 0 Å². The van der Waals surface area contributed by atoms with Gasteiger partial charge >= 0.3 is 11.9 Å². The number of aliphatic hydroxyl groups excluding tert-OH is 1. The van der Waals surface area contributed by atoms with E-state index in [2.05, 4.69) is 19.9 Å². The van der Waals surface area contributed by atoms with E-state index in [1.807, 2.05) is 12.2 Å². The number of rotatable bonds is 38. The van der Waals surface area contributed by atoms with Crippen LogP contribution in [0.4, 0.5) is 0 Å². The molecule has 0 radical (unpaired) electrons. The number of esters is 2. The maximum Gasteiger partial charge on any atom is 0.306 e. The van der Waals surface area contributed by atoms with Gasteiger partial charge in [0.2, 0.25) is 0 Å². The molecule has 0 aromatic rings. The second kappa shape index (κ2) is 38.8. The third-order valence-electron chi connectivity index (χ3n) is 9.22. The van der Waals surface area contributed by atoms with Crippen LogP contribution < -0.4 is 0 Å². The van der Waals surface area contributed by atoms with E-state index in [0.29, 0.717) is 19.3 Å². The lowest BCUT2D eigenvalue weighted by molar-refractivity contribution is -0.161. The van der Waals surface area contributed by atoms with Crippen LogP contribution in [0.15, 0.2) is 24.3 Å². The van der Waals surface area contributed by atoms with E-state index < -0.39 is 6.10 Å². The molecule has 0 aromatic carbocycles. The summed E-state index contributed by atoms with van der Waals surface area (Å²) < 4.78 is 10.6. The van der Waals surface area contributed by atoms with Crippen molar-refractivity contribution in [3.63, 3.8) is 0 Å². The Bertz CT molecular complexity index is 804. The molecule has 0 saturated heterocycles. The number of carbonyl (C=O) groups excluding carboxylic acids is 3. The number of unbranched alkanes of at least 4 members (excludes halogenated alkanes) is 25. The molecule has 1 atom stereocenters. The lowest BCUT2D eigenvalue weighted by Crippen LogP contribution is -2.28. The lowest BCUT2D eigenvalue weighted by atomic mass is 10.0. The normalized spacial score (nSPS) is 12.2. The fourth-order valence-corrected chi connectivity index (χ4v) is 6.01. The third-order valence-corrected chi connectivity index (χ3v) is 9.22. The highest BCUT2D eigenvalue weighted by molar-refractivity contribution is 5.89. The molecule has 0 rings (SSSR count). The van der Waals surface area contributed by atoms with Crippen LogP contribution in [0.1, 0.15) is 213 Å². The molecule has 0 heterocycles. The molecular formula is C43H78O6. The van der Waals surface area contributed by atoms with Gasteiger partial charge in [0.05, 0.1) is 6.61 Å². The minimum Gasteiger partial charge on any atom is -0.462 e. The van der Waals surface area contributed by atoms with E-state index >= 15 is 0 Å². The Morgan fingerprint density at radius 2 is 0.918 bits per heavy atom. The van der Waals surface area contributed by atoms with Gasteiger partial charge in [0, 0.05) is 19.3 Å². The molecular weight excluding hydrogens is 612 g/mol. The summed E-state index contributed by atoms with van der Waals surface area (Å²) in [7, 11) is 0. The maximum atomic E-state index is 12.2.